The van der Waals surface area contributed by atoms with Gasteiger partial charge in [-0.25, -0.2) is 9.97 Å². The van der Waals surface area contributed by atoms with E-state index in [0.717, 1.165) is 22.8 Å². The Bertz CT molecular complexity index is 489. The quantitative estimate of drug-likeness (QED) is 0.809. The van der Waals surface area contributed by atoms with Gasteiger partial charge >= 0.3 is 0 Å². The van der Waals surface area contributed by atoms with Crippen LogP contribution in [0.4, 0.5) is 0 Å². The van der Waals surface area contributed by atoms with E-state index in [1.165, 1.54) is 0 Å². The molecular formula is C12H14ClN3. The maximum atomic E-state index is 6.11. The molecule has 2 rings (SSSR count). The van der Waals surface area contributed by atoms with Crippen LogP contribution < -0.4 is 0 Å². The van der Waals surface area contributed by atoms with Gasteiger partial charge in [-0.2, -0.15) is 0 Å². The van der Waals surface area contributed by atoms with Crippen LogP contribution >= 0.6 is 11.6 Å². The van der Waals surface area contributed by atoms with Crippen LogP contribution in [0.3, 0.4) is 0 Å². The minimum Gasteiger partial charge on any atom is -0.360 e. The standard InChI is InChI=1S/C12H14ClN3/c1-7(2)12-15-10(8(3)11(13)16-12)9-5-4-6-14-9/h4-7,14H,1-3H3. The third kappa shape index (κ3) is 1.95. The number of nitrogens with zero attached hydrogens (tertiary/aromatic N) is 2. The fourth-order valence-electron chi connectivity index (χ4n) is 1.50. The summed E-state index contributed by atoms with van der Waals surface area (Å²) in [4.78, 5) is 12.0. The number of rotatable bonds is 2. The molecule has 0 aliphatic carbocycles. The summed E-state index contributed by atoms with van der Waals surface area (Å²) in [5, 5.41) is 0.531. The third-order valence-electron chi connectivity index (χ3n) is 2.47. The summed E-state index contributed by atoms with van der Waals surface area (Å²) >= 11 is 6.11. The van der Waals surface area contributed by atoms with Crippen LogP contribution in [-0.4, -0.2) is 15.0 Å². The van der Waals surface area contributed by atoms with Crippen molar-refractivity contribution in [2.24, 2.45) is 0 Å². The van der Waals surface area contributed by atoms with Crippen molar-refractivity contribution in [1.82, 2.24) is 15.0 Å². The number of halogens is 1. The molecule has 2 heterocycles. The number of H-pyrrole nitrogens is 1. The van der Waals surface area contributed by atoms with Crippen LogP contribution in [0.15, 0.2) is 18.3 Å². The summed E-state index contributed by atoms with van der Waals surface area (Å²) in [6.07, 6.45) is 1.87. The maximum Gasteiger partial charge on any atom is 0.136 e. The molecule has 0 bridgehead atoms. The highest BCUT2D eigenvalue weighted by atomic mass is 35.5. The zero-order chi connectivity index (χ0) is 11.7. The topological polar surface area (TPSA) is 41.6 Å². The molecule has 0 atom stereocenters. The van der Waals surface area contributed by atoms with Gasteiger partial charge in [-0.3, -0.25) is 0 Å². The van der Waals surface area contributed by atoms with Crippen molar-refractivity contribution in [2.45, 2.75) is 26.7 Å². The zero-order valence-electron chi connectivity index (χ0n) is 9.58. The van der Waals surface area contributed by atoms with Gasteiger partial charge < -0.3 is 4.98 Å². The molecule has 0 aliphatic rings. The molecule has 0 radical (unpaired) electrons. The first-order chi connectivity index (χ1) is 7.59. The molecule has 2 aromatic heterocycles. The van der Waals surface area contributed by atoms with Gasteiger partial charge in [0.1, 0.15) is 11.0 Å². The van der Waals surface area contributed by atoms with Crippen molar-refractivity contribution < 1.29 is 0 Å². The summed E-state index contributed by atoms with van der Waals surface area (Å²) in [5.74, 6) is 1.05. The van der Waals surface area contributed by atoms with E-state index in [-0.39, 0.29) is 5.92 Å². The molecular weight excluding hydrogens is 222 g/mol. The van der Waals surface area contributed by atoms with Crippen molar-refractivity contribution in [2.75, 3.05) is 0 Å². The maximum absolute atomic E-state index is 6.11. The molecule has 16 heavy (non-hydrogen) atoms. The molecule has 0 amide bonds. The van der Waals surface area contributed by atoms with E-state index in [4.69, 9.17) is 11.6 Å². The smallest absolute Gasteiger partial charge is 0.136 e. The molecule has 2 aromatic rings. The van der Waals surface area contributed by atoms with Crippen molar-refractivity contribution in [3.63, 3.8) is 0 Å². The Morgan fingerprint density at radius 2 is 2.06 bits per heavy atom. The van der Waals surface area contributed by atoms with Crippen LogP contribution in [0.1, 0.15) is 31.2 Å². The molecule has 0 saturated heterocycles. The number of nitrogens with one attached hydrogen (secondary N) is 1. The van der Waals surface area contributed by atoms with Gasteiger partial charge in [0.15, 0.2) is 0 Å². The molecule has 3 nitrogen and oxygen atoms in total. The van der Waals surface area contributed by atoms with E-state index in [0.29, 0.717) is 5.15 Å². The number of aromatic amines is 1. The van der Waals surface area contributed by atoms with Crippen LogP contribution in [0.5, 0.6) is 0 Å². The van der Waals surface area contributed by atoms with Crippen molar-refractivity contribution in [3.8, 4) is 11.4 Å². The lowest BCUT2D eigenvalue weighted by Crippen LogP contribution is -2.02. The number of hydrogen-bond acceptors (Lipinski definition) is 2. The molecule has 4 heteroatoms. The predicted octanol–water partition coefficient (Wildman–Crippen LogP) is 3.56. The second-order valence-electron chi connectivity index (χ2n) is 4.08. The Hall–Kier alpha value is -1.35. The van der Waals surface area contributed by atoms with Crippen LogP contribution in [-0.2, 0) is 0 Å². The highest BCUT2D eigenvalue weighted by Crippen LogP contribution is 2.26. The zero-order valence-corrected chi connectivity index (χ0v) is 10.3. The molecule has 0 aliphatic heterocycles. The van der Waals surface area contributed by atoms with Crippen LogP contribution in [0, 0.1) is 6.92 Å². The fraction of sp³-hybridized carbons (Fsp3) is 0.333. The first-order valence-electron chi connectivity index (χ1n) is 5.27. The van der Waals surface area contributed by atoms with Gasteiger partial charge in [0, 0.05) is 17.7 Å². The van der Waals surface area contributed by atoms with Crippen molar-refractivity contribution >= 4 is 11.6 Å². The second-order valence-corrected chi connectivity index (χ2v) is 4.44. The lowest BCUT2D eigenvalue weighted by Gasteiger charge is -2.09. The summed E-state index contributed by atoms with van der Waals surface area (Å²) in [7, 11) is 0. The Morgan fingerprint density at radius 1 is 1.31 bits per heavy atom. The van der Waals surface area contributed by atoms with Crippen LogP contribution in [0.2, 0.25) is 5.15 Å². The third-order valence-corrected chi connectivity index (χ3v) is 2.84. The monoisotopic (exact) mass is 235 g/mol. The first-order valence-corrected chi connectivity index (χ1v) is 5.65. The Labute approximate surface area is 99.9 Å². The normalized spacial score (nSPS) is 11.1. The first kappa shape index (κ1) is 11.1. The molecule has 0 spiro atoms. The minimum atomic E-state index is 0.270. The average molecular weight is 236 g/mol. The van der Waals surface area contributed by atoms with Gasteiger partial charge in [0.2, 0.25) is 0 Å². The van der Waals surface area contributed by atoms with Crippen molar-refractivity contribution in [3.05, 3.63) is 34.9 Å². The minimum absolute atomic E-state index is 0.270. The van der Waals surface area contributed by atoms with E-state index in [9.17, 15) is 0 Å². The average Bonchev–Trinajstić information content (AvgIpc) is 2.74. The highest BCUT2D eigenvalue weighted by molar-refractivity contribution is 6.30. The lowest BCUT2D eigenvalue weighted by molar-refractivity contribution is 0.773. The summed E-state index contributed by atoms with van der Waals surface area (Å²) in [6.45, 7) is 6.04. The predicted molar refractivity (Wildman–Crippen MR) is 65.7 cm³/mol. The summed E-state index contributed by atoms with van der Waals surface area (Å²) < 4.78 is 0. The van der Waals surface area contributed by atoms with E-state index >= 15 is 0 Å². The van der Waals surface area contributed by atoms with E-state index in [2.05, 4.69) is 28.8 Å². The molecule has 1 N–H and O–H groups in total. The molecule has 0 fully saturated rings. The Morgan fingerprint density at radius 3 is 2.62 bits per heavy atom. The highest BCUT2D eigenvalue weighted by Gasteiger charge is 2.13. The molecule has 0 unspecified atom stereocenters. The molecule has 84 valence electrons. The van der Waals surface area contributed by atoms with Crippen molar-refractivity contribution in [1.29, 1.82) is 0 Å². The molecule has 0 saturated carbocycles. The number of aromatic nitrogens is 3. The SMILES string of the molecule is Cc1c(Cl)nc(C(C)C)nc1-c1ccc[nH]1. The van der Waals surface area contributed by atoms with Gasteiger partial charge in [-0.05, 0) is 19.1 Å². The Balaban J connectivity index is 2.60. The van der Waals surface area contributed by atoms with Gasteiger partial charge in [0.05, 0.1) is 11.4 Å². The fourth-order valence-corrected chi connectivity index (χ4v) is 1.68. The van der Waals surface area contributed by atoms with E-state index in [1.807, 2.05) is 25.3 Å². The summed E-state index contributed by atoms with van der Waals surface area (Å²) in [6, 6.07) is 3.93. The van der Waals surface area contributed by atoms with Gasteiger partial charge in [-0.1, -0.05) is 25.4 Å². The second kappa shape index (κ2) is 4.26. The lowest BCUT2D eigenvalue weighted by atomic mass is 10.1. The van der Waals surface area contributed by atoms with Crippen LogP contribution in [0.25, 0.3) is 11.4 Å². The Kier molecular flexibility index (Phi) is 2.97. The number of hydrogen-bond donors (Lipinski definition) is 1. The molecule has 0 aromatic carbocycles. The van der Waals surface area contributed by atoms with Gasteiger partial charge in [-0.15, -0.1) is 0 Å². The van der Waals surface area contributed by atoms with E-state index < -0.39 is 0 Å². The largest absolute Gasteiger partial charge is 0.360 e. The van der Waals surface area contributed by atoms with E-state index in [1.54, 1.807) is 0 Å². The summed E-state index contributed by atoms with van der Waals surface area (Å²) in [5.41, 5.74) is 2.77. The van der Waals surface area contributed by atoms with Gasteiger partial charge in [0.25, 0.3) is 0 Å².